The fraction of sp³-hybridized carbons (Fsp3) is 0.150. The maximum Gasteiger partial charge on any atom is 0.293 e. The molecular weight excluding hydrogens is 458 g/mol. The number of benzene rings is 2. The standard InChI is InChI=1S/C20H16BrN3O2S2/c1-11-5-3-4-6-13(11)10-27-20-24-23-19(28-20)22-18(25)17-12(2)15-8-7-14(21)9-16(15)26-17/h3-9H,10H2,1-2H3,(H,22,23,25). The zero-order valence-electron chi connectivity index (χ0n) is 15.2. The molecule has 8 heteroatoms. The van der Waals surface area contributed by atoms with Gasteiger partial charge in [0, 0.05) is 21.2 Å². The van der Waals surface area contributed by atoms with Gasteiger partial charge in [0.2, 0.25) is 5.13 Å². The molecule has 0 aliphatic rings. The monoisotopic (exact) mass is 473 g/mol. The summed E-state index contributed by atoms with van der Waals surface area (Å²) in [6, 6.07) is 14.0. The summed E-state index contributed by atoms with van der Waals surface area (Å²) < 4.78 is 7.46. The number of furan rings is 1. The normalized spacial score (nSPS) is 11.1. The molecule has 0 atom stereocenters. The van der Waals surface area contributed by atoms with Crippen LogP contribution in [0.15, 0.2) is 55.7 Å². The number of nitrogens with zero attached hydrogens (tertiary/aromatic N) is 2. The van der Waals surface area contributed by atoms with Crippen LogP contribution >= 0.6 is 39.0 Å². The van der Waals surface area contributed by atoms with Crippen LogP contribution in [0.5, 0.6) is 0 Å². The van der Waals surface area contributed by atoms with E-state index in [0.29, 0.717) is 10.7 Å². The largest absolute Gasteiger partial charge is 0.451 e. The van der Waals surface area contributed by atoms with Crippen molar-refractivity contribution < 1.29 is 9.21 Å². The van der Waals surface area contributed by atoms with E-state index in [1.807, 2.05) is 37.3 Å². The second-order valence-electron chi connectivity index (χ2n) is 6.24. The Balaban J connectivity index is 1.46. The maximum absolute atomic E-state index is 12.6. The molecule has 0 unspecified atom stereocenters. The molecule has 0 fully saturated rings. The number of nitrogens with one attached hydrogen (secondary N) is 1. The van der Waals surface area contributed by atoms with E-state index >= 15 is 0 Å². The summed E-state index contributed by atoms with van der Waals surface area (Å²) in [6.45, 7) is 3.97. The highest BCUT2D eigenvalue weighted by Crippen LogP contribution is 2.31. The second-order valence-corrected chi connectivity index (χ2v) is 9.35. The van der Waals surface area contributed by atoms with Gasteiger partial charge in [-0.15, -0.1) is 10.2 Å². The van der Waals surface area contributed by atoms with Crippen LogP contribution in [-0.2, 0) is 5.75 Å². The van der Waals surface area contributed by atoms with Gasteiger partial charge in [-0.05, 0) is 43.2 Å². The first-order valence-electron chi connectivity index (χ1n) is 8.52. The smallest absolute Gasteiger partial charge is 0.293 e. The predicted molar refractivity (Wildman–Crippen MR) is 117 cm³/mol. The minimum atomic E-state index is -0.323. The Hall–Kier alpha value is -2.16. The van der Waals surface area contributed by atoms with Crippen LogP contribution in [0.25, 0.3) is 11.0 Å². The lowest BCUT2D eigenvalue weighted by Gasteiger charge is -2.02. The van der Waals surface area contributed by atoms with Crippen LogP contribution in [-0.4, -0.2) is 16.1 Å². The molecule has 1 N–H and O–H groups in total. The van der Waals surface area contributed by atoms with Gasteiger partial charge in [-0.1, -0.05) is 63.3 Å². The number of hydrogen-bond acceptors (Lipinski definition) is 6. The van der Waals surface area contributed by atoms with Crippen LogP contribution < -0.4 is 5.32 Å². The predicted octanol–water partition coefficient (Wildman–Crippen LogP) is 6.21. The third kappa shape index (κ3) is 3.99. The van der Waals surface area contributed by atoms with E-state index in [2.05, 4.69) is 50.5 Å². The fourth-order valence-electron chi connectivity index (χ4n) is 2.80. The van der Waals surface area contributed by atoms with Gasteiger partial charge in [-0.25, -0.2) is 0 Å². The molecule has 0 radical (unpaired) electrons. The molecule has 5 nitrogen and oxygen atoms in total. The van der Waals surface area contributed by atoms with Crippen molar-refractivity contribution in [2.45, 2.75) is 23.9 Å². The van der Waals surface area contributed by atoms with E-state index in [1.165, 1.54) is 22.5 Å². The number of fused-ring (bicyclic) bond motifs is 1. The van der Waals surface area contributed by atoms with Crippen molar-refractivity contribution in [3.05, 3.63) is 69.4 Å². The van der Waals surface area contributed by atoms with E-state index in [0.717, 1.165) is 25.5 Å². The number of halogens is 1. The van der Waals surface area contributed by atoms with E-state index in [9.17, 15) is 4.79 Å². The molecule has 4 aromatic rings. The Morgan fingerprint density at radius 3 is 2.86 bits per heavy atom. The first kappa shape index (κ1) is 19.2. The van der Waals surface area contributed by atoms with Crippen molar-refractivity contribution in [3.8, 4) is 0 Å². The molecule has 2 aromatic carbocycles. The van der Waals surface area contributed by atoms with E-state index in [-0.39, 0.29) is 11.7 Å². The zero-order valence-corrected chi connectivity index (χ0v) is 18.4. The highest BCUT2D eigenvalue weighted by atomic mass is 79.9. The molecule has 4 rings (SSSR count). The molecule has 2 heterocycles. The molecule has 0 aliphatic heterocycles. The van der Waals surface area contributed by atoms with Crippen molar-refractivity contribution in [3.63, 3.8) is 0 Å². The topological polar surface area (TPSA) is 68.0 Å². The number of aryl methyl sites for hydroxylation is 2. The number of carbonyl (C=O) groups excluding carboxylic acids is 1. The van der Waals surface area contributed by atoms with E-state index in [4.69, 9.17) is 4.42 Å². The average molecular weight is 474 g/mol. The first-order valence-corrected chi connectivity index (χ1v) is 11.1. The first-order chi connectivity index (χ1) is 13.5. The molecule has 0 saturated heterocycles. The van der Waals surface area contributed by atoms with Gasteiger partial charge in [0.25, 0.3) is 5.91 Å². The summed E-state index contributed by atoms with van der Waals surface area (Å²) in [5, 5.41) is 12.4. The Bertz CT molecular complexity index is 1170. The lowest BCUT2D eigenvalue weighted by Crippen LogP contribution is -2.11. The van der Waals surface area contributed by atoms with Gasteiger partial charge in [-0.3, -0.25) is 10.1 Å². The Kier molecular flexibility index (Phi) is 5.52. The Morgan fingerprint density at radius 1 is 1.21 bits per heavy atom. The van der Waals surface area contributed by atoms with Crippen LogP contribution in [0.4, 0.5) is 5.13 Å². The molecule has 28 heavy (non-hydrogen) atoms. The van der Waals surface area contributed by atoms with Gasteiger partial charge >= 0.3 is 0 Å². The average Bonchev–Trinajstić information content (AvgIpc) is 3.25. The minimum absolute atomic E-state index is 0.289. The fourth-order valence-corrected chi connectivity index (χ4v) is 4.96. The van der Waals surface area contributed by atoms with E-state index < -0.39 is 0 Å². The van der Waals surface area contributed by atoms with Crippen LogP contribution in [0, 0.1) is 13.8 Å². The number of thioether (sulfide) groups is 1. The molecule has 0 saturated carbocycles. The van der Waals surface area contributed by atoms with Crippen molar-refractivity contribution in [1.82, 2.24) is 10.2 Å². The lowest BCUT2D eigenvalue weighted by molar-refractivity contribution is 0.0998. The van der Waals surface area contributed by atoms with Gasteiger partial charge in [0.1, 0.15) is 5.58 Å². The summed E-state index contributed by atoms with van der Waals surface area (Å²) in [4.78, 5) is 12.6. The van der Waals surface area contributed by atoms with Gasteiger partial charge in [-0.2, -0.15) is 0 Å². The minimum Gasteiger partial charge on any atom is -0.451 e. The number of rotatable bonds is 5. The Labute approximate surface area is 178 Å². The molecule has 0 aliphatic carbocycles. The van der Waals surface area contributed by atoms with Crippen molar-refractivity contribution in [2.75, 3.05) is 5.32 Å². The second kappa shape index (κ2) is 8.06. The molecule has 142 valence electrons. The van der Waals surface area contributed by atoms with E-state index in [1.54, 1.807) is 11.8 Å². The van der Waals surface area contributed by atoms with Crippen LogP contribution in [0.1, 0.15) is 27.2 Å². The van der Waals surface area contributed by atoms with Crippen molar-refractivity contribution in [2.24, 2.45) is 0 Å². The molecular formula is C20H16BrN3O2S2. The summed E-state index contributed by atoms with van der Waals surface area (Å²) in [6.07, 6.45) is 0. The molecule has 0 bridgehead atoms. The van der Waals surface area contributed by atoms with Gasteiger partial charge in [0.15, 0.2) is 10.1 Å². The SMILES string of the molecule is Cc1ccccc1CSc1nnc(NC(=O)c2oc3cc(Br)ccc3c2C)s1. The van der Waals surface area contributed by atoms with Crippen LogP contribution in [0.2, 0.25) is 0 Å². The van der Waals surface area contributed by atoms with Crippen molar-refractivity contribution in [1.29, 1.82) is 0 Å². The summed E-state index contributed by atoms with van der Waals surface area (Å²) >= 11 is 6.38. The third-order valence-electron chi connectivity index (χ3n) is 4.35. The van der Waals surface area contributed by atoms with Crippen LogP contribution in [0.3, 0.4) is 0 Å². The Morgan fingerprint density at radius 2 is 2.04 bits per heavy atom. The quantitative estimate of drug-likeness (QED) is 0.275. The number of aromatic nitrogens is 2. The third-order valence-corrected chi connectivity index (χ3v) is 6.86. The molecule has 0 spiro atoms. The highest BCUT2D eigenvalue weighted by molar-refractivity contribution is 9.10. The number of anilines is 1. The molecule has 1 amide bonds. The lowest BCUT2D eigenvalue weighted by atomic mass is 10.1. The number of carbonyl (C=O) groups is 1. The number of amides is 1. The van der Waals surface area contributed by atoms with Gasteiger partial charge < -0.3 is 4.42 Å². The zero-order chi connectivity index (χ0) is 19.7. The summed E-state index contributed by atoms with van der Waals surface area (Å²) in [5.41, 5.74) is 3.99. The van der Waals surface area contributed by atoms with Crippen molar-refractivity contribution >= 4 is 61.0 Å². The summed E-state index contributed by atoms with van der Waals surface area (Å²) in [5.74, 6) is 0.779. The number of hydrogen-bond donors (Lipinski definition) is 1. The van der Waals surface area contributed by atoms with Gasteiger partial charge in [0.05, 0.1) is 0 Å². The summed E-state index contributed by atoms with van der Waals surface area (Å²) in [7, 11) is 0. The highest BCUT2D eigenvalue weighted by Gasteiger charge is 2.19. The molecule has 2 aromatic heterocycles. The maximum atomic E-state index is 12.6.